The second-order valence-corrected chi connectivity index (χ2v) is 20.6. The van der Waals surface area contributed by atoms with Crippen molar-refractivity contribution in [3.63, 3.8) is 0 Å². The summed E-state index contributed by atoms with van der Waals surface area (Å²) in [5.74, 6) is -3.23. The molecule has 1 heterocycles. The zero-order valence-corrected chi connectivity index (χ0v) is 48.4. The monoisotopic (exact) mass is 1080 g/mol. The summed E-state index contributed by atoms with van der Waals surface area (Å²) in [6.07, 6.45) is 55.7. The molecule has 1 aliphatic rings. The fraction of sp³-hybridized carbons (Fsp3) is 0.723. The Labute approximate surface area is 467 Å². The molecule has 12 nitrogen and oxygen atoms in total. The summed E-state index contributed by atoms with van der Waals surface area (Å²) >= 11 is 0. The molecule has 0 aliphatic carbocycles. The summed E-state index contributed by atoms with van der Waals surface area (Å²) < 4.78 is 28.4. The Bertz CT molecular complexity index is 1660. The number of unbranched alkanes of at least 4 members (excludes halogenated alkanes) is 23. The van der Waals surface area contributed by atoms with E-state index in [9.17, 15) is 34.5 Å². The first-order chi connectivity index (χ1) is 37.6. The quantitative estimate of drug-likeness (QED) is 0.0228. The Morgan fingerprint density at radius 1 is 0.442 bits per heavy atom. The van der Waals surface area contributed by atoms with Crippen LogP contribution in [-0.4, -0.2) is 89.2 Å². The largest absolute Gasteiger partial charge is 0.479 e. The molecule has 77 heavy (non-hydrogen) atoms. The van der Waals surface area contributed by atoms with E-state index >= 15 is 0 Å². The number of carbonyl (C=O) groups excluding carboxylic acids is 3. The summed E-state index contributed by atoms with van der Waals surface area (Å²) in [7, 11) is 0. The third kappa shape index (κ3) is 42.5. The first-order valence-electron chi connectivity index (χ1n) is 30.6. The van der Waals surface area contributed by atoms with Crippen LogP contribution >= 0.6 is 0 Å². The number of esters is 3. The van der Waals surface area contributed by atoms with E-state index < -0.39 is 67.3 Å². The van der Waals surface area contributed by atoms with Gasteiger partial charge in [-0.15, -0.1) is 0 Å². The molecule has 440 valence electrons. The van der Waals surface area contributed by atoms with Crippen LogP contribution in [0.1, 0.15) is 252 Å². The Hall–Kier alpha value is -4.10. The van der Waals surface area contributed by atoms with Gasteiger partial charge >= 0.3 is 23.9 Å². The molecule has 6 unspecified atom stereocenters. The van der Waals surface area contributed by atoms with E-state index in [4.69, 9.17) is 23.7 Å². The second kappa shape index (κ2) is 52.6. The highest BCUT2D eigenvalue weighted by Gasteiger charge is 2.50. The van der Waals surface area contributed by atoms with Crippen molar-refractivity contribution < 1.29 is 58.2 Å². The molecule has 0 bridgehead atoms. The maximum Gasteiger partial charge on any atom is 0.335 e. The van der Waals surface area contributed by atoms with Crippen LogP contribution in [0.15, 0.2) is 85.1 Å². The van der Waals surface area contributed by atoms with Crippen molar-refractivity contribution in [1.82, 2.24) is 0 Å². The van der Waals surface area contributed by atoms with Crippen molar-refractivity contribution in [1.29, 1.82) is 0 Å². The van der Waals surface area contributed by atoms with E-state index in [1.807, 2.05) is 12.2 Å². The molecular weight excluding hydrogens is 973 g/mol. The highest BCUT2D eigenvalue weighted by atomic mass is 16.7. The third-order valence-corrected chi connectivity index (χ3v) is 13.5. The van der Waals surface area contributed by atoms with Crippen molar-refractivity contribution in [2.24, 2.45) is 0 Å². The number of aliphatic hydroxyl groups excluding tert-OH is 2. The zero-order valence-electron chi connectivity index (χ0n) is 48.4. The van der Waals surface area contributed by atoms with Gasteiger partial charge in [-0.1, -0.05) is 234 Å². The van der Waals surface area contributed by atoms with Crippen LogP contribution in [0, 0.1) is 0 Å². The molecule has 1 aliphatic heterocycles. The Balaban J connectivity index is 2.72. The van der Waals surface area contributed by atoms with Gasteiger partial charge in [0.2, 0.25) is 0 Å². The minimum absolute atomic E-state index is 0.0527. The predicted molar refractivity (Wildman–Crippen MR) is 312 cm³/mol. The standard InChI is InChI=1S/C65H108O12/c1-4-7-10-13-16-19-22-24-26-28-29-31-32-34-37-39-42-45-48-51-57(66)73-54-56(75-58(67)52-49-46-43-41-38-35-33-30-27-25-23-20-17-14-11-8-5-2)55-74-65-63(61(70)60(69)62(77-65)64(71)72)76-59(68)53-50-47-44-40-36-21-18-15-12-9-6-3/h7,10,16,19,24-27,29,31,34,37,42,45,56,60-63,65,69-70H,4-6,8-9,11-15,17-18,20-23,28,30,32-33,35-36,38-41,43-44,46-55H2,1-3H3,(H,71,72)/b10-7-,19-16-,26-24-,27-25-,31-29-,37-34-,45-42-. The normalized spacial score (nSPS) is 18.6. The van der Waals surface area contributed by atoms with Crippen LogP contribution < -0.4 is 0 Å². The Kier molecular flexibility index (Phi) is 48.4. The lowest BCUT2D eigenvalue weighted by atomic mass is 9.98. The highest BCUT2D eigenvalue weighted by molar-refractivity contribution is 5.74. The molecule has 1 fully saturated rings. The second-order valence-electron chi connectivity index (χ2n) is 20.6. The molecule has 0 aromatic heterocycles. The topological polar surface area (TPSA) is 175 Å². The summed E-state index contributed by atoms with van der Waals surface area (Å²) in [5, 5.41) is 31.5. The SMILES string of the molecule is CC/C=C\C/C=C\C/C=C\C/C=C\C/C=C\C/C=C\CCC(=O)OCC(COC1OC(C(=O)O)C(O)C(O)C1OC(=O)CCCCCCCCCCCCC)OC(=O)CCCCCCCCC/C=C\CCCCCCCC. The summed E-state index contributed by atoms with van der Waals surface area (Å²) in [6, 6.07) is 0. The van der Waals surface area contributed by atoms with E-state index in [0.29, 0.717) is 19.3 Å². The molecule has 1 saturated heterocycles. The minimum Gasteiger partial charge on any atom is -0.479 e. The lowest BCUT2D eigenvalue weighted by molar-refractivity contribution is -0.301. The van der Waals surface area contributed by atoms with Crippen molar-refractivity contribution >= 4 is 23.9 Å². The van der Waals surface area contributed by atoms with Crippen molar-refractivity contribution in [3.05, 3.63) is 85.1 Å². The van der Waals surface area contributed by atoms with Gasteiger partial charge in [-0.3, -0.25) is 14.4 Å². The molecule has 0 saturated carbocycles. The van der Waals surface area contributed by atoms with Crippen LogP contribution in [0.5, 0.6) is 0 Å². The highest BCUT2D eigenvalue weighted by Crippen LogP contribution is 2.26. The van der Waals surface area contributed by atoms with Gasteiger partial charge in [0.05, 0.1) is 6.61 Å². The number of carboxylic acid groups (broad SMARTS) is 1. The number of aliphatic carboxylic acids is 1. The summed E-state index contributed by atoms with van der Waals surface area (Å²) in [6.45, 7) is 5.80. The Morgan fingerprint density at radius 2 is 0.844 bits per heavy atom. The molecule has 0 radical (unpaired) electrons. The lowest BCUT2D eigenvalue weighted by Gasteiger charge is -2.40. The van der Waals surface area contributed by atoms with Gasteiger partial charge in [-0.25, -0.2) is 4.79 Å². The van der Waals surface area contributed by atoms with Gasteiger partial charge in [0.25, 0.3) is 0 Å². The fourth-order valence-electron chi connectivity index (χ4n) is 8.80. The molecule has 0 amide bonds. The molecule has 0 aromatic carbocycles. The minimum atomic E-state index is -1.91. The number of carboxylic acids is 1. The molecular formula is C65H108O12. The molecule has 0 spiro atoms. The van der Waals surface area contributed by atoms with Crippen LogP contribution in [0.4, 0.5) is 0 Å². The van der Waals surface area contributed by atoms with E-state index in [-0.39, 0.29) is 25.9 Å². The van der Waals surface area contributed by atoms with Gasteiger partial charge in [-0.05, 0) is 83.5 Å². The number of hydrogen-bond acceptors (Lipinski definition) is 11. The Morgan fingerprint density at radius 3 is 1.30 bits per heavy atom. The van der Waals surface area contributed by atoms with Crippen LogP contribution in [0.25, 0.3) is 0 Å². The number of rotatable bonds is 51. The fourth-order valence-corrected chi connectivity index (χ4v) is 8.80. The molecule has 1 rings (SSSR count). The number of carbonyl (C=O) groups is 4. The van der Waals surface area contributed by atoms with E-state index in [0.717, 1.165) is 96.3 Å². The average Bonchev–Trinajstić information content (AvgIpc) is 3.42. The summed E-state index contributed by atoms with van der Waals surface area (Å²) in [5.41, 5.74) is 0. The number of hydrogen-bond donors (Lipinski definition) is 3. The van der Waals surface area contributed by atoms with Crippen molar-refractivity contribution in [2.75, 3.05) is 13.2 Å². The van der Waals surface area contributed by atoms with Crippen LogP contribution in [0.3, 0.4) is 0 Å². The smallest absolute Gasteiger partial charge is 0.335 e. The van der Waals surface area contributed by atoms with Gasteiger partial charge in [0.15, 0.2) is 24.6 Å². The molecule has 12 heteroatoms. The molecule has 6 atom stereocenters. The van der Waals surface area contributed by atoms with Crippen LogP contribution in [-0.2, 0) is 42.9 Å². The first kappa shape index (κ1) is 70.9. The number of ether oxygens (including phenoxy) is 5. The van der Waals surface area contributed by atoms with Gasteiger partial charge < -0.3 is 39.0 Å². The first-order valence-corrected chi connectivity index (χ1v) is 30.6. The third-order valence-electron chi connectivity index (χ3n) is 13.5. The predicted octanol–water partition coefficient (Wildman–Crippen LogP) is 15.9. The maximum atomic E-state index is 13.2. The van der Waals surface area contributed by atoms with Gasteiger partial charge in [0, 0.05) is 19.3 Å². The van der Waals surface area contributed by atoms with E-state index in [1.165, 1.54) is 96.3 Å². The lowest BCUT2D eigenvalue weighted by Crippen LogP contribution is -2.61. The van der Waals surface area contributed by atoms with Gasteiger partial charge in [0.1, 0.15) is 18.8 Å². The average molecular weight is 1080 g/mol. The molecule has 3 N–H and O–H groups in total. The van der Waals surface area contributed by atoms with Crippen LogP contribution in [0.2, 0.25) is 0 Å². The summed E-state index contributed by atoms with van der Waals surface area (Å²) in [4.78, 5) is 51.1. The number of allylic oxidation sites excluding steroid dienone is 14. The molecule has 0 aromatic rings. The van der Waals surface area contributed by atoms with E-state index in [2.05, 4.69) is 93.7 Å². The van der Waals surface area contributed by atoms with Gasteiger partial charge in [-0.2, -0.15) is 0 Å². The van der Waals surface area contributed by atoms with Crippen molar-refractivity contribution in [3.8, 4) is 0 Å². The van der Waals surface area contributed by atoms with Crippen molar-refractivity contribution in [2.45, 2.75) is 289 Å². The van der Waals surface area contributed by atoms with E-state index in [1.54, 1.807) is 0 Å². The zero-order chi connectivity index (χ0) is 56.1. The maximum absolute atomic E-state index is 13.2. The number of aliphatic hydroxyl groups is 2.